The third-order valence-corrected chi connectivity index (χ3v) is 4.42. The highest BCUT2D eigenvalue weighted by molar-refractivity contribution is 5.20. The SMILES string of the molecule is CC1CN(C(CNC2CC2)c2ccccc2)C(C)CO1. The van der Waals surface area contributed by atoms with Crippen molar-refractivity contribution in [3.05, 3.63) is 35.9 Å². The zero-order valence-corrected chi connectivity index (χ0v) is 12.6. The second-order valence-electron chi connectivity index (χ2n) is 6.30. The van der Waals surface area contributed by atoms with Gasteiger partial charge in [-0.3, -0.25) is 4.90 Å². The Morgan fingerprint density at radius 2 is 2.00 bits per heavy atom. The molecule has 1 aliphatic carbocycles. The third kappa shape index (κ3) is 3.40. The van der Waals surface area contributed by atoms with Crippen LogP contribution in [-0.4, -0.2) is 42.8 Å². The lowest BCUT2D eigenvalue weighted by atomic mass is 10.0. The van der Waals surface area contributed by atoms with Gasteiger partial charge in [-0.2, -0.15) is 0 Å². The van der Waals surface area contributed by atoms with Crippen LogP contribution in [-0.2, 0) is 4.74 Å². The van der Waals surface area contributed by atoms with E-state index >= 15 is 0 Å². The fourth-order valence-corrected chi connectivity index (χ4v) is 3.03. The Hall–Kier alpha value is -0.900. The molecule has 3 atom stereocenters. The number of nitrogens with one attached hydrogen (secondary N) is 1. The van der Waals surface area contributed by atoms with E-state index in [9.17, 15) is 0 Å². The van der Waals surface area contributed by atoms with E-state index in [0.29, 0.717) is 18.2 Å². The lowest BCUT2D eigenvalue weighted by molar-refractivity contribution is -0.0665. The molecule has 2 aliphatic rings. The van der Waals surface area contributed by atoms with Crippen molar-refractivity contribution in [2.24, 2.45) is 0 Å². The van der Waals surface area contributed by atoms with Gasteiger partial charge in [0.25, 0.3) is 0 Å². The number of benzene rings is 1. The first-order chi connectivity index (χ1) is 9.74. The zero-order chi connectivity index (χ0) is 13.9. The second kappa shape index (κ2) is 6.25. The van der Waals surface area contributed by atoms with Crippen molar-refractivity contribution < 1.29 is 4.74 Å². The molecule has 3 heteroatoms. The zero-order valence-electron chi connectivity index (χ0n) is 12.6. The van der Waals surface area contributed by atoms with Crippen molar-refractivity contribution >= 4 is 0 Å². The van der Waals surface area contributed by atoms with Gasteiger partial charge in [0, 0.05) is 31.2 Å². The Morgan fingerprint density at radius 3 is 2.70 bits per heavy atom. The first-order valence-electron chi connectivity index (χ1n) is 7.89. The molecule has 1 saturated heterocycles. The molecule has 3 nitrogen and oxygen atoms in total. The molecule has 20 heavy (non-hydrogen) atoms. The predicted octanol–water partition coefficient (Wildman–Crippen LogP) is 2.59. The van der Waals surface area contributed by atoms with Gasteiger partial charge in [-0.05, 0) is 32.3 Å². The minimum atomic E-state index is 0.332. The smallest absolute Gasteiger partial charge is 0.0675 e. The van der Waals surface area contributed by atoms with Crippen LogP contribution in [0.25, 0.3) is 0 Å². The van der Waals surface area contributed by atoms with Crippen LogP contribution in [0.15, 0.2) is 30.3 Å². The molecule has 0 bridgehead atoms. The van der Waals surface area contributed by atoms with Crippen LogP contribution in [0.1, 0.15) is 38.3 Å². The van der Waals surface area contributed by atoms with Crippen LogP contribution < -0.4 is 5.32 Å². The Kier molecular flexibility index (Phi) is 4.39. The van der Waals surface area contributed by atoms with E-state index in [2.05, 4.69) is 54.4 Å². The van der Waals surface area contributed by atoms with E-state index in [-0.39, 0.29) is 0 Å². The second-order valence-corrected chi connectivity index (χ2v) is 6.30. The molecule has 3 unspecified atom stereocenters. The highest BCUT2D eigenvalue weighted by Gasteiger charge is 2.31. The van der Waals surface area contributed by atoms with Crippen molar-refractivity contribution in [2.45, 2.75) is 50.9 Å². The molecule has 3 rings (SSSR count). The van der Waals surface area contributed by atoms with Crippen LogP contribution in [0.5, 0.6) is 0 Å². The molecule has 1 N–H and O–H groups in total. The first kappa shape index (κ1) is 14.1. The highest BCUT2D eigenvalue weighted by atomic mass is 16.5. The average molecular weight is 274 g/mol. The summed E-state index contributed by atoms with van der Waals surface area (Å²) >= 11 is 0. The highest BCUT2D eigenvalue weighted by Crippen LogP contribution is 2.27. The van der Waals surface area contributed by atoms with Crippen LogP contribution in [0.2, 0.25) is 0 Å². The van der Waals surface area contributed by atoms with Crippen LogP contribution in [0.4, 0.5) is 0 Å². The summed E-state index contributed by atoms with van der Waals surface area (Å²) < 4.78 is 5.78. The maximum atomic E-state index is 5.78. The van der Waals surface area contributed by atoms with Crippen molar-refractivity contribution in [3.8, 4) is 0 Å². The summed E-state index contributed by atoms with van der Waals surface area (Å²) in [6, 6.07) is 12.6. The number of rotatable bonds is 5. The van der Waals surface area contributed by atoms with E-state index in [0.717, 1.165) is 25.7 Å². The minimum absolute atomic E-state index is 0.332. The van der Waals surface area contributed by atoms with Crippen molar-refractivity contribution in [3.63, 3.8) is 0 Å². The Labute approximate surface area is 122 Å². The molecule has 0 spiro atoms. The molecule has 1 heterocycles. The van der Waals surface area contributed by atoms with Gasteiger partial charge < -0.3 is 10.1 Å². The summed E-state index contributed by atoms with van der Waals surface area (Å²) in [5, 5.41) is 3.71. The maximum absolute atomic E-state index is 5.78. The van der Waals surface area contributed by atoms with E-state index in [1.54, 1.807) is 0 Å². The summed E-state index contributed by atoms with van der Waals surface area (Å²) in [5.41, 5.74) is 1.42. The maximum Gasteiger partial charge on any atom is 0.0675 e. The summed E-state index contributed by atoms with van der Waals surface area (Å²) in [4.78, 5) is 2.61. The van der Waals surface area contributed by atoms with Gasteiger partial charge in [0.2, 0.25) is 0 Å². The summed E-state index contributed by atoms with van der Waals surface area (Å²) in [5.74, 6) is 0. The lowest BCUT2D eigenvalue weighted by Gasteiger charge is -2.42. The lowest BCUT2D eigenvalue weighted by Crippen LogP contribution is -2.51. The molecule has 0 amide bonds. The van der Waals surface area contributed by atoms with Crippen LogP contribution >= 0.6 is 0 Å². The Morgan fingerprint density at radius 1 is 1.25 bits per heavy atom. The molecule has 1 aromatic carbocycles. The molecular formula is C17H26N2O. The fraction of sp³-hybridized carbons (Fsp3) is 0.647. The summed E-state index contributed by atoms with van der Waals surface area (Å²) in [6.07, 6.45) is 3.02. The monoisotopic (exact) mass is 274 g/mol. The first-order valence-corrected chi connectivity index (χ1v) is 7.89. The molecular weight excluding hydrogens is 248 g/mol. The number of morpholine rings is 1. The van der Waals surface area contributed by atoms with Crippen LogP contribution in [0, 0.1) is 0 Å². The van der Waals surface area contributed by atoms with Gasteiger partial charge in [-0.15, -0.1) is 0 Å². The summed E-state index contributed by atoms with van der Waals surface area (Å²) in [7, 11) is 0. The molecule has 0 aromatic heterocycles. The Bertz CT molecular complexity index is 418. The van der Waals surface area contributed by atoms with Crippen molar-refractivity contribution in [1.29, 1.82) is 0 Å². The van der Waals surface area contributed by atoms with Gasteiger partial charge >= 0.3 is 0 Å². The largest absolute Gasteiger partial charge is 0.376 e. The Balaban J connectivity index is 1.75. The van der Waals surface area contributed by atoms with Crippen molar-refractivity contribution in [2.75, 3.05) is 19.7 Å². The van der Waals surface area contributed by atoms with Crippen LogP contribution in [0.3, 0.4) is 0 Å². The number of hydrogen-bond acceptors (Lipinski definition) is 3. The van der Waals surface area contributed by atoms with Gasteiger partial charge in [0.05, 0.1) is 12.7 Å². The van der Waals surface area contributed by atoms with Gasteiger partial charge in [-0.25, -0.2) is 0 Å². The van der Waals surface area contributed by atoms with Gasteiger partial charge in [0.15, 0.2) is 0 Å². The van der Waals surface area contributed by atoms with Crippen molar-refractivity contribution in [1.82, 2.24) is 10.2 Å². The normalized spacial score (nSPS) is 29.3. The number of hydrogen-bond donors (Lipinski definition) is 1. The molecule has 1 aromatic rings. The molecule has 1 saturated carbocycles. The van der Waals surface area contributed by atoms with E-state index in [4.69, 9.17) is 4.74 Å². The third-order valence-electron chi connectivity index (χ3n) is 4.42. The predicted molar refractivity (Wildman–Crippen MR) is 81.8 cm³/mol. The summed E-state index contributed by atoms with van der Waals surface area (Å²) in [6.45, 7) is 7.36. The standard InChI is InChI=1S/C17H26N2O/c1-13-12-20-14(2)11-19(13)17(10-18-16-8-9-16)15-6-4-3-5-7-15/h3-7,13-14,16-18H,8-12H2,1-2H3. The topological polar surface area (TPSA) is 24.5 Å². The fourth-order valence-electron chi connectivity index (χ4n) is 3.03. The molecule has 0 radical (unpaired) electrons. The average Bonchev–Trinajstić information content (AvgIpc) is 3.28. The van der Waals surface area contributed by atoms with Gasteiger partial charge in [0.1, 0.15) is 0 Å². The minimum Gasteiger partial charge on any atom is -0.376 e. The molecule has 1 aliphatic heterocycles. The number of nitrogens with zero attached hydrogens (tertiary/aromatic N) is 1. The molecule has 2 fully saturated rings. The van der Waals surface area contributed by atoms with Gasteiger partial charge in [-0.1, -0.05) is 30.3 Å². The van der Waals surface area contributed by atoms with E-state index in [1.165, 1.54) is 18.4 Å². The quantitative estimate of drug-likeness (QED) is 0.893. The van der Waals surface area contributed by atoms with E-state index < -0.39 is 0 Å². The number of ether oxygens (including phenoxy) is 1. The molecule has 110 valence electrons. The van der Waals surface area contributed by atoms with E-state index in [1.807, 2.05) is 0 Å².